The maximum atomic E-state index is 9.23. The molecule has 0 aliphatic rings. The minimum atomic E-state index is 0. The first kappa shape index (κ1) is 10.4. The van der Waals surface area contributed by atoms with Gasteiger partial charge in [-0.1, -0.05) is 6.07 Å². The number of phenolic OH excluding ortho intramolecular Hbond substituents is 2. The molecule has 0 heterocycles. The van der Waals surface area contributed by atoms with Crippen LogP contribution in [0.2, 0.25) is 0 Å². The van der Waals surface area contributed by atoms with Gasteiger partial charge >= 0.3 is 18.9 Å². The summed E-state index contributed by atoms with van der Waals surface area (Å²) in [6.45, 7) is 3.47. The predicted octanol–water partition coefficient (Wildman–Crippen LogP) is 1.07. The first-order chi connectivity index (χ1) is 4.63. The van der Waals surface area contributed by atoms with Crippen molar-refractivity contribution in [3.05, 3.63) is 23.3 Å². The molecule has 0 fully saturated rings. The van der Waals surface area contributed by atoms with Crippen molar-refractivity contribution < 1.29 is 10.2 Å². The average Bonchev–Trinajstić information content (AvgIpc) is 1.93. The molecule has 1 aromatic rings. The van der Waals surface area contributed by atoms with E-state index in [9.17, 15) is 5.11 Å². The van der Waals surface area contributed by atoms with E-state index in [2.05, 4.69) is 0 Å². The average molecular weight is 146 g/mol. The standard InChI is InChI=1S/C8H10O2.Li.H/c1-5-3-4-7(9)6(2)8(5)10;;/h3-4,9-10H,1-2H3;;. The first-order valence-corrected chi connectivity index (χ1v) is 3.11. The van der Waals surface area contributed by atoms with E-state index in [-0.39, 0.29) is 30.4 Å². The Kier molecular flexibility index (Phi) is 3.51. The first-order valence-electron chi connectivity index (χ1n) is 3.11. The van der Waals surface area contributed by atoms with E-state index < -0.39 is 0 Å². The van der Waals surface area contributed by atoms with E-state index in [0.29, 0.717) is 5.56 Å². The molecule has 0 unspecified atom stereocenters. The van der Waals surface area contributed by atoms with Gasteiger partial charge < -0.3 is 10.2 Å². The Morgan fingerprint density at radius 3 is 2.09 bits per heavy atom. The molecular weight excluding hydrogens is 135 g/mol. The summed E-state index contributed by atoms with van der Waals surface area (Å²) in [5.74, 6) is 0.322. The van der Waals surface area contributed by atoms with Gasteiger partial charge in [-0.05, 0) is 25.5 Å². The molecule has 0 bridgehead atoms. The molecule has 11 heavy (non-hydrogen) atoms. The molecule has 0 aliphatic carbocycles. The van der Waals surface area contributed by atoms with Gasteiger partial charge in [-0.25, -0.2) is 0 Å². The molecule has 1 rings (SSSR count). The molecule has 2 nitrogen and oxygen atoms in total. The molecule has 1 aromatic carbocycles. The van der Waals surface area contributed by atoms with Crippen LogP contribution in [0.4, 0.5) is 0 Å². The van der Waals surface area contributed by atoms with Gasteiger partial charge in [0.25, 0.3) is 0 Å². The SMILES string of the molecule is Cc1ccc(O)c(C)c1O.[LiH]. The number of benzene rings is 1. The quantitative estimate of drug-likeness (QED) is 0.537. The van der Waals surface area contributed by atoms with Crippen LogP contribution in [0.5, 0.6) is 11.5 Å². The third-order valence-electron chi connectivity index (χ3n) is 1.60. The molecule has 0 radical (unpaired) electrons. The van der Waals surface area contributed by atoms with Gasteiger partial charge in [-0.2, -0.15) is 0 Å². The number of aromatic hydroxyl groups is 2. The third kappa shape index (κ3) is 1.92. The molecular formula is C8H11LiO2. The Morgan fingerprint density at radius 2 is 1.64 bits per heavy atom. The Labute approximate surface area is 78.0 Å². The van der Waals surface area contributed by atoms with E-state index in [4.69, 9.17) is 5.11 Å². The summed E-state index contributed by atoms with van der Waals surface area (Å²) in [7, 11) is 0. The Bertz CT molecular complexity index is 232. The van der Waals surface area contributed by atoms with E-state index in [1.807, 2.05) is 0 Å². The summed E-state index contributed by atoms with van der Waals surface area (Å²) in [5, 5.41) is 18.3. The molecule has 56 valence electrons. The van der Waals surface area contributed by atoms with Crippen LogP contribution >= 0.6 is 0 Å². The topological polar surface area (TPSA) is 40.5 Å². The number of phenols is 2. The summed E-state index contributed by atoms with van der Waals surface area (Å²) >= 11 is 0. The van der Waals surface area contributed by atoms with E-state index in [1.165, 1.54) is 0 Å². The second kappa shape index (κ2) is 3.71. The van der Waals surface area contributed by atoms with Crippen molar-refractivity contribution in [2.24, 2.45) is 0 Å². The number of hydrogen-bond acceptors (Lipinski definition) is 2. The fraction of sp³-hybridized carbons (Fsp3) is 0.250. The van der Waals surface area contributed by atoms with Gasteiger partial charge in [-0.15, -0.1) is 0 Å². The van der Waals surface area contributed by atoms with Crippen LogP contribution in [0.25, 0.3) is 0 Å². The van der Waals surface area contributed by atoms with Crippen molar-refractivity contribution >= 4 is 18.9 Å². The van der Waals surface area contributed by atoms with Crippen molar-refractivity contribution in [2.75, 3.05) is 0 Å². The molecule has 0 amide bonds. The number of rotatable bonds is 0. The summed E-state index contributed by atoms with van der Waals surface area (Å²) in [5.41, 5.74) is 1.33. The second-order valence-electron chi connectivity index (χ2n) is 2.38. The molecule has 2 N–H and O–H groups in total. The number of aryl methyl sites for hydroxylation is 1. The van der Waals surface area contributed by atoms with Crippen molar-refractivity contribution in [2.45, 2.75) is 13.8 Å². The van der Waals surface area contributed by atoms with Crippen molar-refractivity contribution in [1.29, 1.82) is 0 Å². The fourth-order valence-corrected chi connectivity index (χ4v) is 0.825. The van der Waals surface area contributed by atoms with Crippen LogP contribution in [0.1, 0.15) is 11.1 Å². The van der Waals surface area contributed by atoms with E-state index >= 15 is 0 Å². The van der Waals surface area contributed by atoms with Crippen LogP contribution in [-0.2, 0) is 0 Å². The summed E-state index contributed by atoms with van der Waals surface area (Å²) in [6.07, 6.45) is 0. The van der Waals surface area contributed by atoms with Crippen molar-refractivity contribution in [3.63, 3.8) is 0 Å². The van der Waals surface area contributed by atoms with Crippen molar-refractivity contribution in [1.82, 2.24) is 0 Å². The third-order valence-corrected chi connectivity index (χ3v) is 1.60. The minimum absolute atomic E-state index is 0. The van der Waals surface area contributed by atoms with Crippen LogP contribution in [0.3, 0.4) is 0 Å². The van der Waals surface area contributed by atoms with E-state index in [1.54, 1.807) is 26.0 Å². The fourth-order valence-electron chi connectivity index (χ4n) is 0.825. The zero-order valence-electron chi connectivity index (χ0n) is 6.05. The second-order valence-corrected chi connectivity index (χ2v) is 2.38. The van der Waals surface area contributed by atoms with Crippen LogP contribution in [0, 0.1) is 13.8 Å². The molecule has 0 atom stereocenters. The Balaban J connectivity index is 0.000001000. The van der Waals surface area contributed by atoms with Crippen LogP contribution in [0.15, 0.2) is 12.1 Å². The van der Waals surface area contributed by atoms with E-state index in [0.717, 1.165) is 5.56 Å². The van der Waals surface area contributed by atoms with Gasteiger partial charge in [0.05, 0.1) is 0 Å². The van der Waals surface area contributed by atoms with Gasteiger partial charge in [0.1, 0.15) is 11.5 Å². The monoisotopic (exact) mass is 146 g/mol. The van der Waals surface area contributed by atoms with Gasteiger partial charge in [0, 0.05) is 5.56 Å². The van der Waals surface area contributed by atoms with Crippen molar-refractivity contribution in [3.8, 4) is 11.5 Å². The summed E-state index contributed by atoms with van der Waals surface area (Å²) in [4.78, 5) is 0. The van der Waals surface area contributed by atoms with Gasteiger partial charge in [0.15, 0.2) is 0 Å². The Hall–Kier alpha value is -0.583. The number of hydrogen-bond donors (Lipinski definition) is 2. The zero-order valence-corrected chi connectivity index (χ0v) is 6.05. The molecule has 0 saturated carbocycles. The molecule has 3 heteroatoms. The van der Waals surface area contributed by atoms with Crippen LogP contribution < -0.4 is 0 Å². The zero-order chi connectivity index (χ0) is 7.72. The van der Waals surface area contributed by atoms with Gasteiger partial charge in [0.2, 0.25) is 0 Å². The Morgan fingerprint density at radius 1 is 1.09 bits per heavy atom. The van der Waals surface area contributed by atoms with Crippen LogP contribution in [-0.4, -0.2) is 29.1 Å². The normalized spacial score (nSPS) is 8.91. The summed E-state index contributed by atoms with van der Waals surface area (Å²) < 4.78 is 0. The molecule has 0 spiro atoms. The molecule has 0 aromatic heterocycles. The summed E-state index contributed by atoms with van der Waals surface area (Å²) in [6, 6.07) is 3.25. The molecule has 0 aliphatic heterocycles. The predicted molar refractivity (Wildman–Crippen MR) is 46.4 cm³/mol. The molecule has 0 saturated heterocycles. The van der Waals surface area contributed by atoms with Gasteiger partial charge in [-0.3, -0.25) is 0 Å². The maximum absolute atomic E-state index is 9.23.